The number of ether oxygens (including phenoxy) is 2. The Morgan fingerprint density at radius 2 is 1.80 bits per heavy atom. The number of esters is 2. The molecule has 0 aliphatic heterocycles. The summed E-state index contributed by atoms with van der Waals surface area (Å²) in [5.41, 5.74) is 0.813. The van der Waals surface area contributed by atoms with E-state index in [0.717, 1.165) is 5.56 Å². The first-order chi connectivity index (χ1) is 9.47. The van der Waals surface area contributed by atoms with E-state index in [2.05, 4.69) is 0 Å². The van der Waals surface area contributed by atoms with Gasteiger partial charge in [-0.3, -0.25) is 9.59 Å². The maximum Gasteiger partial charge on any atom is 0.306 e. The van der Waals surface area contributed by atoms with Crippen molar-refractivity contribution in [2.45, 2.75) is 33.3 Å². The Balaban J connectivity index is 2.22. The molecule has 5 heteroatoms. The summed E-state index contributed by atoms with van der Waals surface area (Å²) in [6, 6.07) is 7.08. The maximum absolute atomic E-state index is 11.5. The number of carbonyl (C=O) groups is 2. The summed E-state index contributed by atoms with van der Waals surface area (Å²) in [5, 5.41) is 0.593. The van der Waals surface area contributed by atoms with Gasteiger partial charge in [0.25, 0.3) is 0 Å². The van der Waals surface area contributed by atoms with Gasteiger partial charge in [0.1, 0.15) is 6.61 Å². The fourth-order valence-electron chi connectivity index (χ4n) is 1.40. The van der Waals surface area contributed by atoms with E-state index in [9.17, 15) is 9.59 Å². The molecule has 0 amide bonds. The van der Waals surface area contributed by atoms with E-state index in [1.54, 1.807) is 18.2 Å². The second-order valence-electron chi connectivity index (χ2n) is 4.87. The second-order valence-corrected chi connectivity index (χ2v) is 5.30. The molecule has 0 fully saturated rings. The molecule has 1 aromatic rings. The SMILES string of the molecule is CC(C)COC(=O)CCC(=O)OCc1cccc(Cl)c1. The average molecular weight is 299 g/mol. The van der Waals surface area contributed by atoms with Crippen molar-refractivity contribution in [1.82, 2.24) is 0 Å². The van der Waals surface area contributed by atoms with Crippen molar-refractivity contribution in [1.29, 1.82) is 0 Å². The maximum atomic E-state index is 11.5. The van der Waals surface area contributed by atoms with E-state index >= 15 is 0 Å². The summed E-state index contributed by atoms with van der Waals surface area (Å²) < 4.78 is 10.0. The van der Waals surface area contributed by atoms with Gasteiger partial charge in [0.2, 0.25) is 0 Å². The predicted octanol–water partition coefficient (Wildman–Crippen LogP) is 3.36. The highest BCUT2D eigenvalue weighted by atomic mass is 35.5. The van der Waals surface area contributed by atoms with Crippen LogP contribution in [0.15, 0.2) is 24.3 Å². The van der Waals surface area contributed by atoms with Crippen LogP contribution in [0.25, 0.3) is 0 Å². The van der Waals surface area contributed by atoms with Crippen molar-refractivity contribution in [2.75, 3.05) is 6.61 Å². The molecule has 1 rings (SSSR count). The standard InChI is InChI=1S/C15H19ClO4/c1-11(2)9-19-14(17)6-7-15(18)20-10-12-4-3-5-13(16)8-12/h3-5,8,11H,6-7,9-10H2,1-2H3. The highest BCUT2D eigenvalue weighted by Crippen LogP contribution is 2.11. The van der Waals surface area contributed by atoms with E-state index in [0.29, 0.717) is 11.6 Å². The second kappa shape index (κ2) is 8.59. The lowest BCUT2D eigenvalue weighted by molar-refractivity contribution is -0.151. The minimum absolute atomic E-state index is 0.0253. The molecule has 0 saturated heterocycles. The molecule has 20 heavy (non-hydrogen) atoms. The first kappa shape index (κ1) is 16.5. The van der Waals surface area contributed by atoms with Crippen molar-refractivity contribution < 1.29 is 19.1 Å². The zero-order valence-electron chi connectivity index (χ0n) is 11.7. The fourth-order valence-corrected chi connectivity index (χ4v) is 1.61. The summed E-state index contributed by atoms with van der Waals surface area (Å²) in [4.78, 5) is 22.8. The van der Waals surface area contributed by atoms with Crippen LogP contribution in [-0.4, -0.2) is 18.5 Å². The molecule has 0 heterocycles. The summed E-state index contributed by atoms with van der Waals surface area (Å²) in [6.07, 6.45) is 0.0680. The number of rotatable bonds is 7. The van der Waals surface area contributed by atoms with Gasteiger partial charge in [0, 0.05) is 5.02 Å². The van der Waals surface area contributed by atoms with Gasteiger partial charge in [-0.2, -0.15) is 0 Å². The third kappa shape index (κ3) is 7.14. The van der Waals surface area contributed by atoms with Crippen LogP contribution in [0.3, 0.4) is 0 Å². The lowest BCUT2D eigenvalue weighted by atomic mass is 10.2. The minimum atomic E-state index is -0.425. The van der Waals surface area contributed by atoms with Crippen molar-refractivity contribution in [3.63, 3.8) is 0 Å². The molecule has 0 radical (unpaired) electrons. The lowest BCUT2D eigenvalue weighted by Gasteiger charge is -2.07. The zero-order valence-corrected chi connectivity index (χ0v) is 12.5. The Labute approximate surface area is 124 Å². The molecule has 4 nitrogen and oxygen atoms in total. The molecule has 0 aliphatic rings. The van der Waals surface area contributed by atoms with Crippen LogP contribution in [0.5, 0.6) is 0 Å². The minimum Gasteiger partial charge on any atom is -0.465 e. The van der Waals surface area contributed by atoms with Gasteiger partial charge >= 0.3 is 11.9 Å². The molecular weight excluding hydrogens is 280 g/mol. The van der Waals surface area contributed by atoms with Crippen molar-refractivity contribution >= 4 is 23.5 Å². The molecule has 0 aromatic heterocycles. The lowest BCUT2D eigenvalue weighted by Crippen LogP contribution is -2.12. The first-order valence-corrected chi connectivity index (χ1v) is 6.91. The Hall–Kier alpha value is -1.55. The molecule has 0 aliphatic carbocycles. The Bertz CT molecular complexity index is 457. The molecule has 0 unspecified atom stereocenters. The van der Waals surface area contributed by atoms with Gasteiger partial charge in [0.05, 0.1) is 19.4 Å². The third-order valence-corrected chi connectivity index (χ3v) is 2.63. The normalized spacial score (nSPS) is 10.4. The van der Waals surface area contributed by atoms with Gasteiger partial charge < -0.3 is 9.47 Å². The van der Waals surface area contributed by atoms with Gasteiger partial charge in [0.15, 0.2) is 0 Å². The monoisotopic (exact) mass is 298 g/mol. The topological polar surface area (TPSA) is 52.6 Å². The van der Waals surface area contributed by atoms with Crippen LogP contribution in [0.2, 0.25) is 5.02 Å². The zero-order chi connectivity index (χ0) is 15.0. The van der Waals surface area contributed by atoms with E-state index in [1.165, 1.54) is 0 Å². The third-order valence-electron chi connectivity index (χ3n) is 2.40. The van der Waals surface area contributed by atoms with Gasteiger partial charge in [-0.15, -0.1) is 0 Å². The van der Waals surface area contributed by atoms with E-state index in [-0.39, 0.29) is 31.3 Å². The van der Waals surface area contributed by atoms with Crippen molar-refractivity contribution in [3.05, 3.63) is 34.9 Å². The van der Waals surface area contributed by atoms with Gasteiger partial charge in [-0.1, -0.05) is 37.6 Å². The smallest absolute Gasteiger partial charge is 0.306 e. The number of hydrogen-bond acceptors (Lipinski definition) is 4. The van der Waals surface area contributed by atoms with E-state index in [1.807, 2.05) is 19.9 Å². The van der Waals surface area contributed by atoms with Crippen molar-refractivity contribution in [2.24, 2.45) is 5.92 Å². The van der Waals surface area contributed by atoms with E-state index in [4.69, 9.17) is 21.1 Å². The van der Waals surface area contributed by atoms with Crippen LogP contribution in [0.4, 0.5) is 0 Å². The summed E-state index contributed by atoms with van der Waals surface area (Å²) in [7, 11) is 0. The highest BCUT2D eigenvalue weighted by molar-refractivity contribution is 6.30. The molecule has 0 spiro atoms. The van der Waals surface area contributed by atoms with Gasteiger partial charge in [-0.25, -0.2) is 0 Å². The number of benzene rings is 1. The predicted molar refractivity (Wildman–Crippen MR) is 76.3 cm³/mol. The van der Waals surface area contributed by atoms with Crippen LogP contribution in [-0.2, 0) is 25.7 Å². The molecule has 0 N–H and O–H groups in total. The Morgan fingerprint density at radius 3 is 2.40 bits per heavy atom. The number of carbonyl (C=O) groups excluding carboxylic acids is 2. The summed E-state index contributed by atoms with van der Waals surface area (Å²) in [6.45, 7) is 4.43. The fraction of sp³-hybridized carbons (Fsp3) is 0.467. The van der Waals surface area contributed by atoms with Crippen LogP contribution < -0.4 is 0 Å². The molecule has 0 bridgehead atoms. The van der Waals surface area contributed by atoms with Crippen LogP contribution >= 0.6 is 11.6 Å². The largest absolute Gasteiger partial charge is 0.465 e. The molecular formula is C15H19ClO4. The summed E-state index contributed by atoms with van der Waals surface area (Å²) >= 11 is 5.82. The highest BCUT2D eigenvalue weighted by Gasteiger charge is 2.10. The number of halogens is 1. The molecule has 0 saturated carbocycles. The Kier molecular flexibility index (Phi) is 7.09. The van der Waals surface area contributed by atoms with Crippen LogP contribution in [0, 0.1) is 5.92 Å². The van der Waals surface area contributed by atoms with E-state index < -0.39 is 5.97 Å². The van der Waals surface area contributed by atoms with Crippen molar-refractivity contribution in [3.8, 4) is 0 Å². The average Bonchev–Trinajstić information content (AvgIpc) is 2.40. The molecule has 0 atom stereocenters. The van der Waals surface area contributed by atoms with Crippen LogP contribution in [0.1, 0.15) is 32.3 Å². The summed E-state index contributed by atoms with van der Waals surface area (Å²) in [5.74, 6) is -0.515. The quantitative estimate of drug-likeness (QED) is 0.724. The Morgan fingerprint density at radius 1 is 1.15 bits per heavy atom. The number of hydrogen-bond donors (Lipinski definition) is 0. The first-order valence-electron chi connectivity index (χ1n) is 6.53. The molecule has 110 valence electrons. The van der Waals surface area contributed by atoms with Gasteiger partial charge in [-0.05, 0) is 23.6 Å². The molecule has 1 aromatic carbocycles.